The third-order valence-electron chi connectivity index (χ3n) is 3.70. The van der Waals surface area contributed by atoms with Gasteiger partial charge < -0.3 is 10.1 Å². The summed E-state index contributed by atoms with van der Waals surface area (Å²) >= 11 is 0. The van der Waals surface area contributed by atoms with Crippen LogP contribution in [-0.4, -0.2) is 34.7 Å². The lowest BCUT2D eigenvalue weighted by atomic mass is 10.0. The monoisotopic (exact) mass is 316 g/mol. The third-order valence-corrected chi connectivity index (χ3v) is 5.34. The van der Waals surface area contributed by atoms with Crippen molar-refractivity contribution in [1.82, 2.24) is 10.0 Å². The van der Waals surface area contributed by atoms with Gasteiger partial charge in [0.05, 0.1) is 11.5 Å². The molecule has 1 fully saturated rings. The first-order valence-electron chi connectivity index (χ1n) is 6.97. The van der Waals surface area contributed by atoms with E-state index in [0.29, 0.717) is 25.3 Å². The number of hydrogen-bond acceptors (Lipinski definition) is 4. The van der Waals surface area contributed by atoms with Gasteiger partial charge in [-0.15, -0.1) is 0 Å². The Labute approximate surface area is 124 Å². The molecule has 0 bridgehead atoms. The van der Waals surface area contributed by atoms with E-state index in [1.807, 2.05) is 6.92 Å². The van der Waals surface area contributed by atoms with Gasteiger partial charge in [-0.25, -0.2) is 17.5 Å². The van der Waals surface area contributed by atoms with Crippen LogP contribution in [-0.2, 0) is 21.3 Å². The minimum Gasteiger partial charge on any atom is -0.381 e. The van der Waals surface area contributed by atoms with Gasteiger partial charge in [-0.3, -0.25) is 0 Å². The zero-order valence-corrected chi connectivity index (χ0v) is 13.0. The molecular weight excluding hydrogens is 295 g/mol. The molecule has 0 aliphatic carbocycles. The van der Waals surface area contributed by atoms with Crippen LogP contribution in [0.2, 0.25) is 0 Å². The van der Waals surface area contributed by atoms with Gasteiger partial charge in [-0.2, -0.15) is 0 Å². The van der Waals surface area contributed by atoms with E-state index in [4.69, 9.17) is 4.74 Å². The Balaban J connectivity index is 2.23. The van der Waals surface area contributed by atoms with E-state index in [9.17, 15) is 12.8 Å². The third kappa shape index (κ3) is 4.00. The molecular formula is C14H21FN2O3S. The van der Waals surface area contributed by atoms with Gasteiger partial charge in [0, 0.05) is 25.1 Å². The second kappa shape index (κ2) is 6.83. The first-order chi connectivity index (χ1) is 9.94. The predicted octanol–water partition coefficient (Wildman–Crippen LogP) is 1.25. The summed E-state index contributed by atoms with van der Waals surface area (Å²) in [4.78, 5) is -0.0115. The smallest absolute Gasteiger partial charge is 0.241 e. The first kappa shape index (κ1) is 16.4. The molecule has 1 saturated heterocycles. The molecule has 2 atom stereocenters. The molecule has 0 aromatic heterocycles. The molecule has 1 aromatic rings. The molecule has 2 rings (SSSR count). The van der Waals surface area contributed by atoms with E-state index in [2.05, 4.69) is 10.0 Å². The van der Waals surface area contributed by atoms with Gasteiger partial charge in [-0.1, -0.05) is 6.07 Å². The molecule has 118 valence electrons. The maximum atomic E-state index is 13.4. The molecule has 1 aromatic carbocycles. The summed E-state index contributed by atoms with van der Waals surface area (Å²) < 4.78 is 46.3. The maximum Gasteiger partial charge on any atom is 0.241 e. The van der Waals surface area contributed by atoms with Crippen LogP contribution >= 0.6 is 0 Å². The molecule has 2 unspecified atom stereocenters. The number of ether oxygens (including phenoxy) is 1. The van der Waals surface area contributed by atoms with Crippen LogP contribution in [0.3, 0.4) is 0 Å². The zero-order valence-electron chi connectivity index (χ0n) is 12.2. The number of sulfonamides is 1. The Kier molecular flexibility index (Phi) is 5.32. The SMILES string of the molecule is CNCc1ccc(F)cc1S(=O)(=O)NC(C)C1CCOC1. The van der Waals surface area contributed by atoms with Crippen molar-refractivity contribution in [2.45, 2.75) is 30.8 Å². The van der Waals surface area contributed by atoms with Crippen molar-refractivity contribution in [3.8, 4) is 0 Å². The summed E-state index contributed by atoms with van der Waals surface area (Å²) in [5.74, 6) is -0.409. The average molecular weight is 316 g/mol. The first-order valence-corrected chi connectivity index (χ1v) is 8.45. The fourth-order valence-corrected chi connectivity index (χ4v) is 4.03. The highest BCUT2D eigenvalue weighted by molar-refractivity contribution is 7.89. The molecule has 21 heavy (non-hydrogen) atoms. The highest BCUT2D eigenvalue weighted by Gasteiger charge is 2.28. The fraction of sp³-hybridized carbons (Fsp3) is 0.571. The molecule has 0 amide bonds. The molecule has 0 saturated carbocycles. The van der Waals surface area contributed by atoms with Gasteiger partial charge >= 0.3 is 0 Å². The van der Waals surface area contributed by atoms with Crippen LogP contribution in [0.4, 0.5) is 4.39 Å². The molecule has 1 aliphatic heterocycles. The quantitative estimate of drug-likeness (QED) is 0.829. The normalized spacial score (nSPS) is 20.6. The summed E-state index contributed by atoms with van der Waals surface area (Å²) in [6.45, 7) is 3.38. The van der Waals surface area contributed by atoms with Gasteiger partial charge in [0.1, 0.15) is 5.82 Å². The number of nitrogens with one attached hydrogen (secondary N) is 2. The van der Waals surface area contributed by atoms with Crippen molar-refractivity contribution in [2.75, 3.05) is 20.3 Å². The van der Waals surface area contributed by atoms with Crippen LogP contribution in [0.5, 0.6) is 0 Å². The minimum absolute atomic E-state index is 0.0115. The molecule has 1 aliphatic rings. The van der Waals surface area contributed by atoms with E-state index >= 15 is 0 Å². The Bertz CT molecular complexity index is 586. The molecule has 0 radical (unpaired) electrons. The topological polar surface area (TPSA) is 67.4 Å². The van der Waals surface area contributed by atoms with Gasteiger partial charge in [0.25, 0.3) is 0 Å². The minimum atomic E-state index is -3.76. The lowest BCUT2D eigenvalue weighted by Crippen LogP contribution is -2.38. The summed E-state index contributed by atoms with van der Waals surface area (Å²) in [6.07, 6.45) is 0.830. The number of halogens is 1. The van der Waals surface area contributed by atoms with E-state index in [0.717, 1.165) is 12.5 Å². The van der Waals surface area contributed by atoms with Crippen molar-refractivity contribution < 1.29 is 17.5 Å². The number of hydrogen-bond donors (Lipinski definition) is 2. The molecule has 0 spiro atoms. The van der Waals surface area contributed by atoms with Gasteiger partial charge in [0.15, 0.2) is 0 Å². The Morgan fingerprint density at radius 2 is 2.24 bits per heavy atom. The standard InChI is InChI=1S/C14H21FN2O3S/c1-10(12-5-6-20-9-12)17-21(18,19)14-7-13(15)4-3-11(14)8-16-2/h3-4,7,10,12,16-17H,5-6,8-9H2,1-2H3. The van der Waals surface area contributed by atoms with Crippen molar-refractivity contribution in [2.24, 2.45) is 5.92 Å². The second-order valence-electron chi connectivity index (χ2n) is 5.32. The molecule has 2 N–H and O–H groups in total. The fourth-order valence-electron chi connectivity index (χ4n) is 2.47. The zero-order chi connectivity index (χ0) is 15.5. The van der Waals surface area contributed by atoms with Gasteiger partial charge in [-0.05, 0) is 38.1 Å². The van der Waals surface area contributed by atoms with Crippen LogP contribution in [0, 0.1) is 11.7 Å². The highest BCUT2D eigenvalue weighted by Crippen LogP contribution is 2.21. The average Bonchev–Trinajstić information content (AvgIpc) is 2.94. The highest BCUT2D eigenvalue weighted by atomic mass is 32.2. The van der Waals surface area contributed by atoms with E-state index < -0.39 is 15.8 Å². The van der Waals surface area contributed by atoms with Crippen LogP contribution < -0.4 is 10.0 Å². The summed E-state index contributed by atoms with van der Waals surface area (Å²) in [7, 11) is -2.04. The van der Waals surface area contributed by atoms with Crippen LogP contribution in [0.15, 0.2) is 23.1 Å². The van der Waals surface area contributed by atoms with Gasteiger partial charge in [0.2, 0.25) is 10.0 Å². The van der Waals surface area contributed by atoms with Crippen LogP contribution in [0.1, 0.15) is 18.9 Å². The summed E-state index contributed by atoms with van der Waals surface area (Å²) in [5, 5.41) is 2.89. The predicted molar refractivity (Wildman–Crippen MR) is 77.9 cm³/mol. The number of rotatable bonds is 6. The van der Waals surface area contributed by atoms with E-state index in [1.54, 1.807) is 7.05 Å². The Morgan fingerprint density at radius 1 is 1.48 bits per heavy atom. The Morgan fingerprint density at radius 3 is 2.86 bits per heavy atom. The molecule has 7 heteroatoms. The van der Waals surface area contributed by atoms with Crippen molar-refractivity contribution >= 4 is 10.0 Å². The lowest BCUT2D eigenvalue weighted by Gasteiger charge is -2.20. The lowest BCUT2D eigenvalue weighted by molar-refractivity contribution is 0.180. The largest absolute Gasteiger partial charge is 0.381 e. The summed E-state index contributed by atoms with van der Waals surface area (Å²) in [5.41, 5.74) is 0.543. The number of benzene rings is 1. The molecule has 5 nitrogen and oxygen atoms in total. The van der Waals surface area contributed by atoms with E-state index in [1.165, 1.54) is 12.1 Å². The Hall–Kier alpha value is -1.02. The maximum absolute atomic E-state index is 13.4. The van der Waals surface area contributed by atoms with Crippen molar-refractivity contribution in [3.05, 3.63) is 29.6 Å². The second-order valence-corrected chi connectivity index (χ2v) is 7.00. The van der Waals surface area contributed by atoms with Crippen LogP contribution in [0.25, 0.3) is 0 Å². The van der Waals surface area contributed by atoms with Crippen molar-refractivity contribution in [3.63, 3.8) is 0 Å². The summed E-state index contributed by atoms with van der Waals surface area (Å²) in [6, 6.07) is 3.57. The van der Waals surface area contributed by atoms with Crippen molar-refractivity contribution in [1.29, 1.82) is 0 Å². The molecule has 1 heterocycles. The van der Waals surface area contributed by atoms with E-state index in [-0.39, 0.29) is 16.9 Å².